The second-order valence-corrected chi connectivity index (χ2v) is 4.96. The standard InChI is InChI=1S/C12H13N3O4/c1-12(2,3)19-11(18)15-9-7(10(16)17)5-4-6-8(9)13-14-15/h4-6H,1-3H3,(H,16,17). The monoisotopic (exact) mass is 263 g/mol. The van der Waals surface area contributed by atoms with Gasteiger partial charge < -0.3 is 9.84 Å². The topological polar surface area (TPSA) is 94.3 Å². The minimum Gasteiger partial charge on any atom is -0.478 e. The Morgan fingerprint density at radius 1 is 1.32 bits per heavy atom. The van der Waals surface area contributed by atoms with Crippen molar-refractivity contribution in [2.75, 3.05) is 0 Å². The Morgan fingerprint density at radius 3 is 2.58 bits per heavy atom. The molecule has 0 aliphatic heterocycles. The number of carboxylic acid groups (broad SMARTS) is 1. The van der Waals surface area contributed by atoms with Gasteiger partial charge in [0.25, 0.3) is 0 Å². The van der Waals surface area contributed by atoms with Crippen LogP contribution >= 0.6 is 0 Å². The van der Waals surface area contributed by atoms with Crippen molar-refractivity contribution in [2.24, 2.45) is 0 Å². The van der Waals surface area contributed by atoms with Gasteiger partial charge in [0.1, 0.15) is 16.6 Å². The summed E-state index contributed by atoms with van der Waals surface area (Å²) in [5, 5.41) is 16.5. The van der Waals surface area contributed by atoms with Crippen LogP contribution < -0.4 is 0 Å². The lowest BCUT2D eigenvalue weighted by Gasteiger charge is -2.18. The Hall–Kier alpha value is -2.44. The third-order valence-corrected chi connectivity index (χ3v) is 2.27. The van der Waals surface area contributed by atoms with E-state index < -0.39 is 17.7 Å². The first-order chi connectivity index (χ1) is 8.79. The second kappa shape index (κ2) is 4.34. The molecule has 19 heavy (non-hydrogen) atoms. The molecule has 100 valence electrons. The van der Waals surface area contributed by atoms with Crippen molar-refractivity contribution in [3.63, 3.8) is 0 Å². The van der Waals surface area contributed by atoms with Crippen LogP contribution in [0.1, 0.15) is 31.1 Å². The molecule has 7 nitrogen and oxygen atoms in total. The maximum Gasteiger partial charge on any atom is 0.437 e. The highest BCUT2D eigenvalue weighted by Gasteiger charge is 2.23. The van der Waals surface area contributed by atoms with Crippen LogP contribution in [0.25, 0.3) is 11.0 Å². The molecule has 1 heterocycles. The Morgan fingerprint density at radius 2 is 2.00 bits per heavy atom. The summed E-state index contributed by atoms with van der Waals surface area (Å²) in [5.41, 5.74) is -0.295. The van der Waals surface area contributed by atoms with Crippen LogP contribution in [0.15, 0.2) is 18.2 Å². The number of nitrogens with zero attached hydrogens (tertiary/aromatic N) is 3. The van der Waals surface area contributed by atoms with Crippen LogP contribution in [0.2, 0.25) is 0 Å². The highest BCUT2D eigenvalue weighted by molar-refractivity contribution is 6.03. The van der Waals surface area contributed by atoms with Gasteiger partial charge in [-0.2, -0.15) is 0 Å². The van der Waals surface area contributed by atoms with E-state index in [2.05, 4.69) is 10.3 Å². The zero-order valence-corrected chi connectivity index (χ0v) is 10.7. The Balaban J connectivity index is 2.56. The van der Waals surface area contributed by atoms with E-state index in [1.165, 1.54) is 6.07 Å². The van der Waals surface area contributed by atoms with Crippen LogP contribution in [0, 0.1) is 0 Å². The molecule has 0 aliphatic rings. The van der Waals surface area contributed by atoms with Gasteiger partial charge in [0.05, 0.1) is 5.56 Å². The summed E-state index contributed by atoms with van der Waals surface area (Å²) in [6.07, 6.45) is -0.760. The fourth-order valence-electron chi connectivity index (χ4n) is 1.58. The van der Waals surface area contributed by atoms with Gasteiger partial charge in [-0.1, -0.05) is 11.3 Å². The summed E-state index contributed by atoms with van der Waals surface area (Å²) < 4.78 is 6.02. The largest absolute Gasteiger partial charge is 0.478 e. The van der Waals surface area contributed by atoms with Gasteiger partial charge in [-0.05, 0) is 32.9 Å². The average molecular weight is 263 g/mol. The van der Waals surface area contributed by atoms with Gasteiger partial charge in [0, 0.05) is 0 Å². The van der Waals surface area contributed by atoms with E-state index in [9.17, 15) is 9.59 Å². The number of benzene rings is 1. The van der Waals surface area contributed by atoms with E-state index >= 15 is 0 Å². The van der Waals surface area contributed by atoms with E-state index in [0.717, 1.165) is 4.68 Å². The molecule has 0 atom stereocenters. The number of hydrogen-bond acceptors (Lipinski definition) is 5. The van der Waals surface area contributed by atoms with E-state index in [0.29, 0.717) is 5.52 Å². The number of fused-ring (bicyclic) bond motifs is 1. The molecule has 1 aromatic heterocycles. The molecule has 0 spiro atoms. The molecule has 0 saturated heterocycles. The number of rotatable bonds is 1. The number of hydrogen-bond donors (Lipinski definition) is 1. The maximum absolute atomic E-state index is 12.0. The van der Waals surface area contributed by atoms with Crippen LogP contribution in [-0.4, -0.2) is 37.8 Å². The van der Waals surface area contributed by atoms with E-state index in [4.69, 9.17) is 9.84 Å². The average Bonchev–Trinajstić information content (AvgIpc) is 2.69. The van der Waals surface area contributed by atoms with Crippen molar-refractivity contribution >= 4 is 23.1 Å². The third kappa shape index (κ3) is 2.54. The predicted octanol–water partition coefficient (Wildman–Crippen LogP) is 1.91. The third-order valence-electron chi connectivity index (χ3n) is 2.27. The highest BCUT2D eigenvalue weighted by atomic mass is 16.6. The van der Waals surface area contributed by atoms with Crippen LogP contribution in [0.5, 0.6) is 0 Å². The second-order valence-electron chi connectivity index (χ2n) is 4.96. The Bertz CT molecular complexity index is 655. The minimum atomic E-state index is -1.15. The summed E-state index contributed by atoms with van der Waals surface area (Å²) in [4.78, 5) is 23.1. The van der Waals surface area contributed by atoms with Gasteiger partial charge in [0.2, 0.25) is 0 Å². The number of carbonyl (C=O) groups excluding carboxylic acids is 1. The van der Waals surface area contributed by atoms with Gasteiger partial charge >= 0.3 is 12.1 Å². The van der Waals surface area contributed by atoms with Crippen molar-refractivity contribution < 1.29 is 19.4 Å². The number of aromatic nitrogens is 3. The molecule has 1 aromatic carbocycles. The van der Waals surface area contributed by atoms with Crippen LogP contribution in [0.4, 0.5) is 4.79 Å². The van der Waals surface area contributed by atoms with Gasteiger partial charge in [-0.3, -0.25) is 0 Å². The first-order valence-corrected chi connectivity index (χ1v) is 5.60. The summed E-state index contributed by atoms with van der Waals surface area (Å²) >= 11 is 0. The molecule has 2 aromatic rings. The predicted molar refractivity (Wildman–Crippen MR) is 66.1 cm³/mol. The van der Waals surface area contributed by atoms with Crippen LogP contribution in [0.3, 0.4) is 0 Å². The molecule has 7 heteroatoms. The van der Waals surface area contributed by atoms with Crippen molar-refractivity contribution in [1.29, 1.82) is 0 Å². The van der Waals surface area contributed by atoms with E-state index in [1.807, 2.05) is 0 Å². The first kappa shape index (κ1) is 13.0. The summed E-state index contributed by atoms with van der Waals surface area (Å²) in [6, 6.07) is 4.50. The Kier molecular flexibility index (Phi) is 2.97. The number of para-hydroxylation sites is 1. The lowest BCUT2D eigenvalue weighted by Crippen LogP contribution is -2.28. The quantitative estimate of drug-likeness (QED) is 0.844. The molecule has 0 fully saturated rings. The summed E-state index contributed by atoms with van der Waals surface area (Å²) in [7, 11) is 0. The fourth-order valence-corrected chi connectivity index (χ4v) is 1.58. The molecule has 0 amide bonds. The number of carboxylic acids is 1. The smallest absolute Gasteiger partial charge is 0.437 e. The van der Waals surface area contributed by atoms with Crippen molar-refractivity contribution in [2.45, 2.75) is 26.4 Å². The van der Waals surface area contributed by atoms with Crippen molar-refractivity contribution in [1.82, 2.24) is 15.0 Å². The number of carbonyl (C=O) groups is 2. The molecule has 0 aliphatic carbocycles. The van der Waals surface area contributed by atoms with Crippen molar-refractivity contribution in [3.8, 4) is 0 Å². The normalized spacial score (nSPS) is 11.5. The van der Waals surface area contributed by atoms with E-state index in [1.54, 1.807) is 32.9 Å². The molecule has 0 unspecified atom stereocenters. The van der Waals surface area contributed by atoms with E-state index in [-0.39, 0.29) is 11.1 Å². The molecular weight excluding hydrogens is 250 g/mol. The number of aromatic carboxylic acids is 1. The van der Waals surface area contributed by atoms with Gasteiger partial charge in [-0.15, -0.1) is 9.78 Å². The lowest BCUT2D eigenvalue weighted by atomic mass is 10.2. The zero-order chi connectivity index (χ0) is 14.2. The molecule has 0 bridgehead atoms. The van der Waals surface area contributed by atoms with Gasteiger partial charge in [0.15, 0.2) is 0 Å². The molecule has 0 radical (unpaired) electrons. The van der Waals surface area contributed by atoms with Crippen LogP contribution in [-0.2, 0) is 4.74 Å². The molecule has 0 saturated carbocycles. The van der Waals surface area contributed by atoms with Gasteiger partial charge in [-0.25, -0.2) is 9.59 Å². The molecular formula is C12H13N3O4. The summed E-state index contributed by atoms with van der Waals surface area (Å²) in [6.45, 7) is 5.13. The minimum absolute atomic E-state index is 0.0478. The maximum atomic E-state index is 12.0. The SMILES string of the molecule is CC(C)(C)OC(=O)n1nnc2cccc(C(=O)O)c21. The van der Waals surface area contributed by atoms with Crippen molar-refractivity contribution in [3.05, 3.63) is 23.8 Å². The molecule has 2 rings (SSSR count). The highest BCUT2D eigenvalue weighted by Crippen LogP contribution is 2.18. The number of ether oxygens (including phenoxy) is 1. The molecule has 1 N–H and O–H groups in total. The first-order valence-electron chi connectivity index (χ1n) is 5.60. The fraction of sp³-hybridized carbons (Fsp3) is 0.333. The summed E-state index contributed by atoms with van der Waals surface area (Å²) in [5.74, 6) is -1.15. The zero-order valence-electron chi connectivity index (χ0n) is 10.7. The Labute approximate surface area is 108 Å². The lowest BCUT2D eigenvalue weighted by molar-refractivity contribution is 0.0519.